The zero-order chi connectivity index (χ0) is 22.9. The predicted molar refractivity (Wildman–Crippen MR) is 131 cm³/mol. The van der Waals surface area contributed by atoms with Crippen molar-refractivity contribution in [2.45, 2.75) is 26.4 Å². The lowest BCUT2D eigenvalue weighted by molar-refractivity contribution is 0.0975. The molecule has 0 aromatic heterocycles. The molecule has 1 atom stereocenters. The Morgan fingerprint density at radius 3 is 2.22 bits per heavy atom. The molecule has 3 N–H and O–H groups in total. The number of benzene rings is 3. The molecular weight excluding hydrogens is 422 g/mol. The van der Waals surface area contributed by atoms with Gasteiger partial charge in [0.15, 0.2) is 5.11 Å². The number of rotatable bonds is 7. The molecule has 0 aliphatic rings. The van der Waals surface area contributed by atoms with Gasteiger partial charge in [-0.1, -0.05) is 37.3 Å². The minimum absolute atomic E-state index is 0.0578. The highest BCUT2D eigenvalue weighted by Crippen LogP contribution is 2.17. The molecule has 3 rings (SSSR count). The maximum absolute atomic E-state index is 12.6. The number of para-hydroxylation sites is 1. The molecule has 7 heteroatoms. The van der Waals surface area contributed by atoms with E-state index in [4.69, 9.17) is 17.0 Å². The first kappa shape index (κ1) is 23.0. The van der Waals surface area contributed by atoms with Crippen LogP contribution >= 0.6 is 12.2 Å². The third kappa shape index (κ3) is 6.65. The first-order chi connectivity index (χ1) is 15.4. The van der Waals surface area contributed by atoms with Gasteiger partial charge in [0.2, 0.25) is 0 Å². The number of hydrogen-bond donors (Lipinski definition) is 3. The quantitative estimate of drug-likeness (QED) is 0.432. The molecule has 32 heavy (non-hydrogen) atoms. The smallest absolute Gasteiger partial charge is 0.257 e. The van der Waals surface area contributed by atoms with Gasteiger partial charge >= 0.3 is 0 Å². The Labute approximate surface area is 193 Å². The minimum atomic E-state index is -0.352. The van der Waals surface area contributed by atoms with Gasteiger partial charge in [-0.15, -0.1) is 0 Å². The van der Waals surface area contributed by atoms with Crippen LogP contribution in [0.2, 0.25) is 0 Å². The molecule has 6 nitrogen and oxygen atoms in total. The zero-order valence-electron chi connectivity index (χ0n) is 17.9. The summed E-state index contributed by atoms with van der Waals surface area (Å²) in [6, 6.07) is 23.0. The Kier molecular flexibility index (Phi) is 7.94. The van der Waals surface area contributed by atoms with E-state index in [1.807, 2.05) is 50.2 Å². The van der Waals surface area contributed by atoms with E-state index < -0.39 is 0 Å². The maximum Gasteiger partial charge on any atom is 0.257 e. The highest BCUT2D eigenvalue weighted by Gasteiger charge is 2.11. The lowest BCUT2D eigenvalue weighted by atomic mass is 10.2. The van der Waals surface area contributed by atoms with Gasteiger partial charge in [0.25, 0.3) is 11.8 Å². The SMILES string of the molecule is CCC(C)Oc1cccc(C(=O)NC(=S)Nc2cccc(C(=O)Nc3ccccc3)c2)c1. The van der Waals surface area contributed by atoms with E-state index in [1.165, 1.54) is 0 Å². The molecule has 164 valence electrons. The molecule has 2 amide bonds. The molecule has 0 aliphatic carbocycles. The number of ether oxygens (including phenoxy) is 1. The number of carbonyl (C=O) groups is 2. The van der Waals surface area contributed by atoms with Gasteiger partial charge in [-0.3, -0.25) is 14.9 Å². The van der Waals surface area contributed by atoms with E-state index in [9.17, 15) is 9.59 Å². The number of thiocarbonyl (C=S) groups is 1. The summed E-state index contributed by atoms with van der Waals surface area (Å²) >= 11 is 5.27. The van der Waals surface area contributed by atoms with E-state index in [-0.39, 0.29) is 23.0 Å². The summed E-state index contributed by atoms with van der Waals surface area (Å²) in [5.41, 5.74) is 2.19. The van der Waals surface area contributed by atoms with Crippen molar-refractivity contribution in [3.8, 4) is 5.75 Å². The van der Waals surface area contributed by atoms with Crippen LogP contribution in [-0.4, -0.2) is 23.0 Å². The second-order valence-corrected chi connectivity index (χ2v) is 7.58. The Morgan fingerprint density at radius 2 is 1.50 bits per heavy atom. The van der Waals surface area contributed by atoms with E-state index in [2.05, 4.69) is 16.0 Å². The average molecular weight is 448 g/mol. The highest BCUT2D eigenvalue weighted by atomic mass is 32.1. The van der Waals surface area contributed by atoms with Crippen molar-refractivity contribution in [2.24, 2.45) is 0 Å². The van der Waals surface area contributed by atoms with Gasteiger partial charge in [0.1, 0.15) is 5.75 Å². The maximum atomic E-state index is 12.6. The Balaban J connectivity index is 1.60. The van der Waals surface area contributed by atoms with Crippen molar-refractivity contribution in [2.75, 3.05) is 10.6 Å². The van der Waals surface area contributed by atoms with Crippen LogP contribution in [0.4, 0.5) is 11.4 Å². The normalized spacial score (nSPS) is 11.2. The van der Waals surface area contributed by atoms with Gasteiger partial charge < -0.3 is 15.4 Å². The summed E-state index contributed by atoms with van der Waals surface area (Å²) in [5.74, 6) is 0.0333. The molecule has 3 aromatic carbocycles. The lowest BCUT2D eigenvalue weighted by Gasteiger charge is -2.14. The fraction of sp³-hybridized carbons (Fsp3) is 0.160. The van der Waals surface area contributed by atoms with Gasteiger partial charge in [-0.25, -0.2) is 0 Å². The van der Waals surface area contributed by atoms with E-state index in [1.54, 1.807) is 42.5 Å². The first-order valence-electron chi connectivity index (χ1n) is 10.3. The standard InChI is InChI=1S/C25H25N3O3S/c1-3-17(2)31-22-14-8-10-19(16-22)24(30)28-25(32)27-21-13-7-9-18(15-21)23(29)26-20-11-5-4-6-12-20/h4-17H,3H2,1-2H3,(H,26,29)(H2,27,28,30,32). The molecule has 0 aliphatic heterocycles. The number of carbonyl (C=O) groups excluding carboxylic acids is 2. The van der Waals surface area contributed by atoms with Crippen LogP contribution in [0.25, 0.3) is 0 Å². The summed E-state index contributed by atoms with van der Waals surface area (Å²) in [5, 5.41) is 8.56. The molecule has 1 unspecified atom stereocenters. The predicted octanol–water partition coefficient (Wildman–Crippen LogP) is 5.24. The Bertz CT molecular complexity index is 1100. The van der Waals surface area contributed by atoms with Crippen LogP contribution in [0.3, 0.4) is 0 Å². The number of hydrogen-bond acceptors (Lipinski definition) is 4. The fourth-order valence-electron chi connectivity index (χ4n) is 2.83. The first-order valence-corrected chi connectivity index (χ1v) is 10.7. The molecule has 0 saturated heterocycles. The lowest BCUT2D eigenvalue weighted by Crippen LogP contribution is -2.34. The van der Waals surface area contributed by atoms with Crippen molar-refractivity contribution >= 4 is 40.5 Å². The summed E-state index contributed by atoms with van der Waals surface area (Å²) in [6.45, 7) is 4.01. The van der Waals surface area contributed by atoms with Crippen LogP contribution < -0.4 is 20.7 Å². The number of nitrogens with one attached hydrogen (secondary N) is 3. The second kappa shape index (κ2) is 11.1. The molecular formula is C25H25N3O3S. The third-order valence-corrected chi connectivity index (χ3v) is 4.85. The van der Waals surface area contributed by atoms with E-state index in [0.29, 0.717) is 28.3 Å². The van der Waals surface area contributed by atoms with Gasteiger partial charge in [0.05, 0.1) is 6.10 Å². The van der Waals surface area contributed by atoms with Gasteiger partial charge in [0, 0.05) is 22.5 Å². The topological polar surface area (TPSA) is 79.5 Å². The summed E-state index contributed by atoms with van der Waals surface area (Å²) in [7, 11) is 0. The molecule has 0 heterocycles. The van der Waals surface area contributed by atoms with Gasteiger partial charge in [-0.05, 0) is 74.1 Å². The van der Waals surface area contributed by atoms with Gasteiger partial charge in [-0.2, -0.15) is 0 Å². The molecule has 0 saturated carbocycles. The number of amides is 2. The molecule has 0 radical (unpaired) electrons. The van der Waals surface area contributed by atoms with Crippen molar-refractivity contribution in [3.05, 3.63) is 90.0 Å². The fourth-order valence-corrected chi connectivity index (χ4v) is 3.04. The minimum Gasteiger partial charge on any atom is -0.491 e. The van der Waals surface area contributed by atoms with E-state index >= 15 is 0 Å². The van der Waals surface area contributed by atoms with Crippen molar-refractivity contribution in [3.63, 3.8) is 0 Å². The summed E-state index contributed by atoms with van der Waals surface area (Å²) in [6.07, 6.45) is 0.926. The molecule has 3 aromatic rings. The Morgan fingerprint density at radius 1 is 0.844 bits per heavy atom. The third-order valence-electron chi connectivity index (χ3n) is 4.65. The molecule has 0 fully saturated rings. The monoisotopic (exact) mass is 447 g/mol. The van der Waals surface area contributed by atoms with Crippen LogP contribution in [0.15, 0.2) is 78.9 Å². The molecule has 0 spiro atoms. The van der Waals surface area contributed by atoms with Crippen molar-refractivity contribution in [1.29, 1.82) is 0 Å². The van der Waals surface area contributed by atoms with Crippen LogP contribution in [0, 0.1) is 0 Å². The van der Waals surface area contributed by atoms with Crippen LogP contribution in [0.5, 0.6) is 5.75 Å². The van der Waals surface area contributed by atoms with Crippen molar-refractivity contribution < 1.29 is 14.3 Å². The highest BCUT2D eigenvalue weighted by molar-refractivity contribution is 7.80. The van der Waals surface area contributed by atoms with Crippen molar-refractivity contribution in [1.82, 2.24) is 5.32 Å². The largest absolute Gasteiger partial charge is 0.491 e. The summed E-state index contributed by atoms with van der Waals surface area (Å²) in [4.78, 5) is 25.1. The van der Waals surface area contributed by atoms with Crippen LogP contribution in [0.1, 0.15) is 41.0 Å². The average Bonchev–Trinajstić information content (AvgIpc) is 2.80. The number of anilines is 2. The molecule has 0 bridgehead atoms. The van der Waals surface area contributed by atoms with E-state index in [0.717, 1.165) is 6.42 Å². The zero-order valence-corrected chi connectivity index (χ0v) is 18.7. The second-order valence-electron chi connectivity index (χ2n) is 7.17. The Hall–Kier alpha value is -3.71. The summed E-state index contributed by atoms with van der Waals surface area (Å²) < 4.78 is 5.77. The van der Waals surface area contributed by atoms with Crippen LogP contribution in [-0.2, 0) is 0 Å².